The van der Waals surface area contributed by atoms with E-state index in [2.05, 4.69) is 58.7 Å². The van der Waals surface area contributed by atoms with Gasteiger partial charge < -0.3 is 5.11 Å². The normalized spacial score (nSPS) is 11.9. The fourth-order valence-corrected chi connectivity index (χ4v) is 2.55. The molecule has 2 rings (SSSR count). The molecule has 0 fully saturated rings. The predicted molar refractivity (Wildman–Crippen MR) is 116 cm³/mol. The number of hydrogen-bond acceptors (Lipinski definition) is 2. The van der Waals surface area contributed by atoms with Crippen molar-refractivity contribution < 1.29 is 22.1 Å². The zero-order chi connectivity index (χ0) is 20.7. The summed E-state index contributed by atoms with van der Waals surface area (Å²) in [5.41, 5.74) is 3.80. The SMILES string of the molecule is CCC(C)(C)c1cc(C(C)(C)C)cc(C=Nc2ccccc2)c1O.[Cl][Ti][Cl]. The molecule has 0 spiro atoms. The fourth-order valence-electron chi connectivity index (χ4n) is 2.55. The van der Waals surface area contributed by atoms with Crippen LogP contribution < -0.4 is 0 Å². The van der Waals surface area contributed by atoms with Gasteiger partial charge in [-0.15, -0.1) is 0 Å². The molecule has 2 aromatic rings. The molecule has 0 saturated heterocycles. The first-order valence-corrected chi connectivity index (χ1v) is 13.3. The van der Waals surface area contributed by atoms with Gasteiger partial charge in [-0.1, -0.05) is 65.8 Å². The Morgan fingerprint density at radius 2 is 1.59 bits per heavy atom. The minimum absolute atomic E-state index is 0.0155. The van der Waals surface area contributed by atoms with Crippen molar-refractivity contribution in [2.45, 2.75) is 58.8 Å². The molecule has 0 atom stereocenters. The predicted octanol–water partition coefficient (Wildman–Crippen LogP) is 7.50. The molecular weight excluding hydrogens is 413 g/mol. The summed E-state index contributed by atoms with van der Waals surface area (Å²) in [7, 11) is 9.78. The molecule has 0 aliphatic rings. The number of nitrogens with zero attached hydrogens (tertiary/aromatic N) is 1. The number of aromatic hydroxyl groups is 1. The summed E-state index contributed by atoms with van der Waals surface area (Å²) in [5, 5.41) is 10.8. The van der Waals surface area contributed by atoms with Crippen molar-refractivity contribution >= 4 is 30.5 Å². The van der Waals surface area contributed by atoms with Crippen LogP contribution in [0.3, 0.4) is 0 Å². The zero-order valence-corrected chi connectivity index (χ0v) is 20.0. The van der Waals surface area contributed by atoms with E-state index in [0.717, 1.165) is 23.2 Å². The van der Waals surface area contributed by atoms with Crippen LogP contribution in [0.25, 0.3) is 0 Å². The summed E-state index contributed by atoms with van der Waals surface area (Å²) in [4.78, 5) is 4.52. The second-order valence-electron chi connectivity index (χ2n) is 8.11. The molecule has 0 aromatic heterocycles. The monoisotopic (exact) mass is 441 g/mol. The van der Waals surface area contributed by atoms with Gasteiger partial charge >= 0.3 is 35.6 Å². The van der Waals surface area contributed by atoms with Crippen LogP contribution in [0.4, 0.5) is 5.69 Å². The van der Waals surface area contributed by atoms with E-state index >= 15 is 0 Å². The van der Waals surface area contributed by atoms with Gasteiger partial charge in [0.05, 0.1) is 5.69 Å². The van der Waals surface area contributed by atoms with Gasteiger partial charge in [0.2, 0.25) is 0 Å². The van der Waals surface area contributed by atoms with Crippen LogP contribution in [0.1, 0.15) is 64.7 Å². The summed E-state index contributed by atoms with van der Waals surface area (Å²) in [6.45, 7) is 13.1. The van der Waals surface area contributed by atoms with E-state index in [1.165, 1.54) is 5.56 Å². The van der Waals surface area contributed by atoms with Crippen molar-refractivity contribution in [1.29, 1.82) is 0 Å². The first-order valence-electron chi connectivity index (χ1n) is 9.00. The first kappa shape index (κ1) is 24.2. The summed E-state index contributed by atoms with van der Waals surface area (Å²) in [6.07, 6.45) is 2.73. The molecule has 0 bridgehead atoms. The fraction of sp³-hybridized carbons (Fsp3) is 0.409. The topological polar surface area (TPSA) is 32.6 Å². The number of benzene rings is 2. The summed E-state index contributed by atoms with van der Waals surface area (Å²) in [5.74, 6) is 0.342. The number of aliphatic imine (C=N–C) groups is 1. The maximum absolute atomic E-state index is 10.8. The van der Waals surface area contributed by atoms with E-state index in [-0.39, 0.29) is 10.8 Å². The summed E-state index contributed by atoms with van der Waals surface area (Å²) in [6, 6.07) is 14.0. The second kappa shape index (κ2) is 10.7. The number of rotatable bonds is 4. The molecule has 2 aromatic carbocycles. The van der Waals surface area contributed by atoms with Gasteiger partial charge in [0, 0.05) is 17.3 Å². The van der Waals surface area contributed by atoms with Gasteiger partial charge in [0.1, 0.15) is 5.75 Å². The van der Waals surface area contributed by atoms with E-state index in [4.69, 9.17) is 18.6 Å². The van der Waals surface area contributed by atoms with Crippen LogP contribution in [-0.4, -0.2) is 11.3 Å². The average Bonchev–Trinajstić information content (AvgIpc) is 2.61. The first-order chi connectivity index (χ1) is 12.6. The molecular formula is C22H29Cl2NOTi. The molecule has 0 aliphatic heterocycles. The number of para-hydroxylation sites is 1. The Labute approximate surface area is 180 Å². The molecule has 0 amide bonds. The number of phenols is 1. The molecule has 27 heavy (non-hydrogen) atoms. The molecule has 0 unspecified atom stereocenters. The molecule has 1 N–H and O–H groups in total. The van der Waals surface area contributed by atoms with E-state index in [1.54, 1.807) is 6.21 Å². The molecule has 0 aliphatic carbocycles. The van der Waals surface area contributed by atoms with Crippen molar-refractivity contribution in [3.8, 4) is 5.75 Å². The van der Waals surface area contributed by atoms with Crippen molar-refractivity contribution in [2.24, 2.45) is 4.99 Å². The molecule has 0 saturated carbocycles. The van der Waals surface area contributed by atoms with Crippen LogP contribution in [0.15, 0.2) is 47.5 Å². The molecule has 5 heteroatoms. The molecule has 2 nitrogen and oxygen atoms in total. The van der Waals surface area contributed by atoms with E-state index in [1.807, 2.05) is 30.3 Å². The Bertz CT molecular complexity index is 753. The van der Waals surface area contributed by atoms with E-state index < -0.39 is 17.0 Å². The Morgan fingerprint density at radius 3 is 2.07 bits per heavy atom. The number of halogens is 2. The Hall–Kier alpha value is -0.796. The van der Waals surface area contributed by atoms with Crippen LogP contribution in [0.5, 0.6) is 5.75 Å². The molecule has 146 valence electrons. The number of hydrogen-bond donors (Lipinski definition) is 1. The van der Waals surface area contributed by atoms with Crippen molar-refractivity contribution in [1.82, 2.24) is 0 Å². The van der Waals surface area contributed by atoms with Gasteiger partial charge in [0.15, 0.2) is 0 Å². The van der Waals surface area contributed by atoms with Crippen LogP contribution in [0, 0.1) is 0 Å². The van der Waals surface area contributed by atoms with Crippen LogP contribution in [-0.2, 0) is 27.9 Å². The molecule has 0 heterocycles. The third-order valence-electron chi connectivity index (χ3n) is 4.73. The number of phenolic OH excluding ortho intramolecular Hbond substituents is 1. The standard InChI is InChI=1S/C22H29NO.2ClH.Ti/c1-7-22(5,6)19-14-17(21(2,3)4)13-16(20(19)24)15-23-18-11-9-8-10-12-18;;;/h8-15,24H,7H2,1-6H3;2*1H;/q;;;+2/p-2. The average molecular weight is 442 g/mol. The molecule has 0 radical (unpaired) electrons. The third kappa shape index (κ3) is 7.27. The van der Waals surface area contributed by atoms with Gasteiger partial charge in [0.25, 0.3) is 0 Å². The van der Waals surface area contributed by atoms with Crippen molar-refractivity contribution in [3.05, 3.63) is 59.2 Å². The summed E-state index contributed by atoms with van der Waals surface area (Å²) >= 11 is -0.556. The van der Waals surface area contributed by atoms with Gasteiger partial charge in [-0.2, -0.15) is 0 Å². The van der Waals surface area contributed by atoms with Gasteiger partial charge in [-0.25, -0.2) is 0 Å². The quantitative estimate of drug-likeness (QED) is 0.386. The Balaban J connectivity index is 0.00000114. The Kier molecular flexibility index (Phi) is 9.58. The zero-order valence-electron chi connectivity index (χ0n) is 17.0. The minimum atomic E-state index is -0.556. The van der Waals surface area contributed by atoms with Crippen molar-refractivity contribution in [3.63, 3.8) is 0 Å². The van der Waals surface area contributed by atoms with E-state index in [0.29, 0.717) is 5.75 Å². The van der Waals surface area contributed by atoms with Gasteiger partial charge in [-0.3, -0.25) is 4.99 Å². The second-order valence-corrected chi connectivity index (χ2v) is 10.7. The summed E-state index contributed by atoms with van der Waals surface area (Å²) < 4.78 is 0. The van der Waals surface area contributed by atoms with Gasteiger partial charge in [-0.05, 0) is 41.0 Å². The maximum atomic E-state index is 10.8. The van der Waals surface area contributed by atoms with E-state index in [9.17, 15) is 5.11 Å². The van der Waals surface area contributed by atoms with Crippen LogP contribution in [0.2, 0.25) is 0 Å². The third-order valence-corrected chi connectivity index (χ3v) is 4.73. The van der Waals surface area contributed by atoms with Crippen LogP contribution >= 0.6 is 18.6 Å². The van der Waals surface area contributed by atoms with Crippen molar-refractivity contribution in [2.75, 3.05) is 0 Å². The Morgan fingerprint density at radius 1 is 1.04 bits per heavy atom.